The van der Waals surface area contributed by atoms with E-state index in [2.05, 4.69) is 24.9 Å². The molecule has 0 amide bonds. The zero-order chi connectivity index (χ0) is 12.3. The van der Waals surface area contributed by atoms with E-state index in [-0.39, 0.29) is 0 Å². The van der Waals surface area contributed by atoms with Crippen LogP contribution in [0.3, 0.4) is 0 Å². The predicted molar refractivity (Wildman–Crippen MR) is 69.1 cm³/mol. The Morgan fingerprint density at radius 2 is 1.82 bits per heavy atom. The zero-order valence-electron chi connectivity index (χ0n) is 10.1. The van der Waals surface area contributed by atoms with E-state index in [1.807, 2.05) is 30.3 Å². The minimum absolute atomic E-state index is 0.438. The fourth-order valence-corrected chi connectivity index (χ4v) is 1.90. The Labute approximate surface area is 101 Å². The molecule has 0 aliphatic heterocycles. The topological polar surface area (TPSA) is 30.0 Å². The Bertz CT molecular complexity index is 532. The van der Waals surface area contributed by atoms with Gasteiger partial charge in [0.1, 0.15) is 5.69 Å². The first-order valence-electron chi connectivity index (χ1n) is 5.74. The number of carbonyl (C=O) groups is 1. The summed E-state index contributed by atoms with van der Waals surface area (Å²) in [5.74, 6) is 0.438. The molecule has 0 bridgehead atoms. The third-order valence-corrected chi connectivity index (χ3v) is 2.75. The first-order chi connectivity index (χ1) is 8.22. The molecule has 1 heterocycles. The van der Waals surface area contributed by atoms with Crippen molar-refractivity contribution in [2.45, 2.75) is 19.8 Å². The highest BCUT2D eigenvalue weighted by molar-refractivity contribution is 5.74. The molecule has 0 atom stereocenters. The number of hydrogen-bond acceptors (Lipinski definition) is 2. The molecular weight excluding hydrogens is 210 g/mol. The fourth-order valence-electron chi connectivity index (χ4n) is 1.90. The molecule has 0 saturated carbocycles. The third kappa shape index (κ3) is 2.41. The lowest BCUT2D eigenvalue weighted by atomic mass is 9.95. The van der Waals surface area contributed by atoms with Crippen LogP contribution in [0.4, 0.5) is 0 Å². The lowest BCUT2D eigenvalue weighted by Gasteiger charge is -2.12. The second kappa shape index (κ2) is 4.91. The molecule has 0 radical (unpaired) electrons. The molecule has 1 aromatic heterocycles. The highest BCUT2D eigenvalue weighted by Gasteiger charge is 2.08. The number of nitrogens with zero attached hydrogens (tertiary/aromatic N) is 1. The van der Waals surface area contributed by atoms with Crippen LogP contribution < -0.4 is 0 Å². The maximum absolute atomic E-state index is 10.7. The molecule has 0 spiro atoms. The normalized spacial score (nSPS) is 10.5. The van der Waals surface area contributed by atoms with Gasteiger partial charge in [-0.25, -0.2) is 4.98 Å². The molecule has 0 N–H and O–H groups in total. The smallest absolute Gasteiger partial charge is 0.168 e. The van der Waals surface area contributed by atoms with Crippen LogP contribution in [0.2, 0.25) is 0 Å². The summed E-state index contributed by atoms with van der Waals surface area (Å²) in [6.45, 7) is 4.31. The minimum Gasteiger partial charge on any atom is -0.296 e. The third-order valence-electron chi connectivity index (χ3n) is 2.75. The number of hydrogen-bond donors (Lipinski definition) is 0. The molecule has 1 aromatic carbocycles. The SMILES string of the molecule is CC(C)c1ccccc1-c1cccc(C=O)n1. The largest absolute Gasteiger partial charge is 0.296 e. The molecule has 0 unspecified atom stereocenters. The number of benzene rings is 1. The van der Waals surface area contributed by atoms with Gasteiger partial charge in [0.2, 0.25) is 0 Å². The molecule has 2 nitrogen and oxygen atoms in total. The summed E-state index contributed by atoms with van der Waals surface area (Å²) in [6.07, 6.45) is 0.779. The quantitative estimate of drug-likeness (QED) is 0.746. The predicted octanol–water partition coefficient (Wildman–Crippen LogP) is 3.68. The summed E-state index contributed by atoms with van der Waals surface area (Å²) in [7, 11) is 0. The summed E-state index contributed by atoms with van der Waals surface area (Å²) < 4.78 is 0. The fraction of sp³-hybridized carbons (Fsp3) is 0.200. The van der Waals surface area contributed by atoms with Crippen molar-refractivity contribution in [3.05, 3.63) is 53.7 Å². The van der Waals surface area contributed by atoms with E-state index >= 15 is 0 Å². The van der Waals surface area contributed by atoms with Gasteiger partial charge in [0, 0.05) is 5.56 Å². The first kappa shape index (κ1) is 11.5. The van der Waals surface area contributed by atoms with E-state index in [9.17, 15) is 4.79 Å². The average molecular weight is 225 g/mol. The second-order valence-corrected chi connectivity index (χ2v) is 4.31. The van der Waals surface area contributed by atoms with E-state index in [4.69, 9.17) is 0 Å². The van der Waals surface area contributed by atoms with Gasteiger partial charge in [-0.15, -0.1) is 0 Å². The summed E-state index contributed by atoms with van der Waals surface area (Å²) in [5.41, 5.74) is 3.69. The standard InChI is InChI=1S/C15H15NO/c1-11(2)13-7-3-4-8-14(13)15-9-5-6-12(10-17)16-15/h3-11H,1-2H3. The molecule has 2 aromatic rings. The van der Waals surface area contributed by atoms with Crippen molar-refractivity contribution in [3.8, 4) is 11.3 Å². The molecule has 0 aliphatic rings. The van der Waals surface area contributed by atoms with E-state index in [1.165, 1.54) is 5.56 Å². The van der Waals surface area contributed by atoms with Gasteiger partial charge < -0.3 is 0 Å². The molecule has 2 heteroatoms. The van der Waals surface area contributed by atoms with Crippen molar-refractivity contribution in [2.24, 2.45) is 0 Å². The van der Waals surface area contributed by atoms with Crippen molar-refractivity contribution in [1.29, 1.82) is 0 Å². The number of aldehydes is 1. The number of aromatic nitrogens is 1. The van der Waals surface area contributed by atoms with Crippen molar-refractivity contribution in [3.63, 3.8) is 0 Å². The van der Waals surface area contributed by atoms with Crippen LogP contribution in [0.5, 0.6) is 0 Å². The van der Waals surface area contributed by atoms with Gasteiger partial charge in [-0.3, -0.25) is 4.79 Å². The molecule has 2 rings (SSSR count). The molecule has 17 heavy (non-hydrogen) atoms. The van der Waals surface area contributed by atoms with E-state index in [0.717, 1.165) is 17.5 Å². The lowest BCUT2D eigenvalue weighted by molar-refractivity contribution is 0.111. The number of rotatable bonds is 3. The average Bonchev–Trinajstić information content (AvgIpc) is 2.39. The Kier molecular flexibility index (Phi) is 3.33. The summed E-state index contributed by atoms with van der Waals surface area (Å²) in [5, 5.41) is 0. The van der Waals surface area contributed by atoms with Crippen molar-refractivity contribution < 1.29 is 4.79 Å². The van der Waals surface area contributed by atoms with Gasteiger partial charge in [-0.05, 0) is 23.6 Å². The maximum atomic E-state index is 10.7. The van der Waals surface area contributed by atoms with Crippen LogP contribution in [-0.4, -0.2) is 11.3 Å². The summed E-state index contributed by atoms with van der Waals surface area (Å²) in [6, 6.07) is 13.7. The van der Waals surface area contributed by atoms with Crippen LogP contribution in [-0.2, 0) is 0 Å². The zero-order valence-corrected chi connectivity index (χ0v) is 10.1. The molecule has 86 valence electrons. The van der Waals surface area contributed by atoms with Crippen LogP contribution in [0.1, 0.15) is 35.8 Å². The minimum atomic E-state index is 0.438. The van der Waals surface area contributed by atoms with Crippen LogP contribution >= 0.6 is 0 Å². The Morgan fingerprint density at radius 1 is 1.06 bits per heavy atom. The van der Waals surface area contributed by atoms with E-state index in [1.54, 1.807) is 6.07 Å². The summed E-state index contributed by atoms with van der Waals surface area (Å²) >= 11 is 0. The number of pyridine rings is 1. The van der Waals surface area contributed by atoms with Crippen molar-refractivity contribution in [2.75, 3.05) is 0 Å². The first-order valence-corrected chi connectivity index (χ1v) is 5.74. The second-order valence-electron chi connectivity index (χ2n) is 4.31. The van der Waals surface area contributed by atoms with Crippen LogP contribution in [0.15, 0.2) is 42.5 Å². The highest BCUT2D eigenvalue weighted by Crippen LogP contribution is 2.27. The van der Waals surface area contributed by atoms with Crippen LogP contribution in [0.25, 0.3) is 11.3 Å². The maximum Gasteiger partial charge on any atom is 0.168 e. The van der Waals surface area contributed by atoms with Crippen molar-refractivity contribution in [1.82, 2.24) is 4.98 Å². The monoisotopic (exact) mass is 225 g/mol. The Balaban J connectivity index is 2.55. The Hall–Kier alpha value is -1.96. The van der Waals surface area contributed by atoms with Gasteiger partial charge in [-0.1, -0.05) is 44.2 Å². The van der Waals surface area contributed by atoms with E-state index in [0.29, 0.717) is 11.6 Å². The molecule has 0 fully saturated rings. The van der Waals surface area contributed by atoms with Gasteiger partial charge in [0.25, 0.3) is 0 Å². The van der Waals surface area contributed by atoms with Gasteiger partial charge in [0.05, 0.1) is 5.69 Å². The molecular formula is C15H15NO. The van der Waals surface area contributed by atoms with Gasteiger partial charge >= 0.3 is 0 Å². The highest BCUT2D eigenvalue weighted by atomic mass is 16.1. The van der Waals surface area contributed by atoms with Crippen molar-refractivity contribution >= 4 is 6.29 Å². The lowest BCUT2D eigenvalue weighted by Crippen LogP contribution is -1.95. The summed E-state index contributed by atoms with van der Waals surface area (Å²) in [4.78, 5) is 15.1. The van der Waals surface area contributed by atoms with E-state index < -0.39 is 0 Å². The van der Waals surface area contributed by atoms with Gasteiger partial charge in [0.15, 0.2) is 6.29 Å². The number of carbonyl (C=O) groups excluding carboxylic acids is 1. The molecule has 0 aliphatic carbocycles. The molecule has 0 saturated heterocycles. The van der Waals surface area contributed by atoms with Crippen LogP contribution in [0, 0.1) is 0 Å². The Morgan fingerprint density at radius 3 is 2.53 bits per heavy atom. The van der Waals surface area contributed by atoms with Gasteiger partial charge in [-0.2, -0.15) is 0 Å².